The molecule has 0 unspecified atom stereocenters. The van der Waals surface area contributed by atoms with Gasteiger partial charge in [-0.1, -0.05) is 6.92 Å². The molecule has 1 atom stereocenters. The van der Waals surface area contributed by atoms with Gasteiger partial charge in [-0.2, -0.15) is 11.8 Å². The van der Waals surface area contributed by atoms with Crippen molar-refractivity contribution in [2.45, 2.75) is 25.8 Å². The van der Waals surface area contributed by atoms with E-state index in [-0.39, 0.29) is 0 Å². The Kier molecular flexibility index (Phi) is 14.7. The van der Waals surface area contributed by atoms with Crippen LogP contribution in [0.15, 0.2) is 0 Å². The lowest BCUT2D eigenvalue weighted by Crippen LogP contribution is -2.30. The highest BCUT2D eigenvalue weighted by Crippen LogP contribution is 2.05. The lowest BCUT2D eigenvalue weighted by atomic mass is 10.2. The summed E-state index contributed by atoms with van der Waals surface area (Å²) in [4.78, 5) is 10.2. The Morgan fingerprint density at radius 1 is 1.64 bits per heavy atom. The normalized spacial score (nSPS) is 11.3. The predicted molar refractivity (Wildman–Crippen MR) is 60.0 cm³/mol. The van der Waals surface area contributed by atoms with E-state index in [1.165, 1.54) is 0 Å². The maximum Gasteiger partial charge on any atom is 0.320 e. The van der Waals surface area contributed by atoms with Crippen molar-refractivity contribution >= 4 is 29.2 Å². The van der Waals surface area contributed by atoms with E-state index >= 15 is 0 Å². The lowest BCUT2D eigenvalue weighted by Gasteiger charge is -2.04. The largest absolute Gasteiger partial charge is 0.480 e. The standard InChI is InChI=1S/C7H15NO2S.H2NOS/c1-2-4-11-5-3-6(8)7(9)10;1-3-2/h6H,2-5,8H2,1H3,(H,9,10);1,3H/q;-1/t6-;/m0./s1. The molecular formula is C7H17N2O3S2-. The Labute approximate surface area is 91.5 Å². The second kappa shape index (κ2) is 12.7. The van der Waals surface area contributed by atoms with Gasteiger partial charge in [0.15, 0.2) is 0 Å². The van der Waals surface area contributed by atoms with Gasteiger partial charge in [0.25, 0.3) is 0 Å². The monoisotopic (exact) mass is 241 g/mol. The molecular weight excluding hydrogens is 224 g/mol. The van der Waals surface area contributed by atoms with Crippen LogP contribution >= 0.6 is 11.8 Å². The van der Waals surface area contributed by atoms with Crippen molar-refractivity contribution in [2.24, 2.45) is 5.73 Å². The summed E-state index contributed by atoms with van der Waals surface area (Å²) in [5.74, 6) is 1.04. The first kappa shape index (κ1) is 16.2. The van der Waals surface area contributed by atoms with Gasteiger partial charge in [0.05, 0.1) is 0 Å². The third-order valence-electron chi connectivity index (χ3n) is 1.24. The number of thiol groups is 1. The molecule has 0 spiro atoms. The van der Waals surface area contributed by atoms with Crippen molar-refractivity contribution in [2.75, 3.05) is 11.5 Å². The predicted octanol–water partition coefficient (Wildman–Crippen LogP) is 0.841. The fraction of sp³-hybridized carbons (Fsp3) is 0.857. The van der Waals surface area contributed by atoms with Crippen LogP contribution in [0.1, 0.15) is 19.8 Å². The molecule has 0 bridgehead atoms. The van der Waals surface area contributed by atoms with Gasteiger partial charge in [0.1, 0.15) is 6.04 Å². The van der Waals surface area contributed by atoms with Crippen LogP contribution in [-0.4, -0.2) is 28.6 Å². The summed E-state index contributed by atoms with van der Waals surface area (Å²) in [6.07, 6.45) is 1.70. The minimum Gasteiger partial charge on any atom is -0.480 e. The van der Waals surface area contributed by atoms with E-state index in [0.29, 0.717) is 6.42 Å². The molecule has 14 heavy (non-hydrogen) atoms. The van der Waals surface area contributed by atoms with E-state index in [1.807, 2.05) is 0 Å². The number of hydrogen-bond acceptors (Lipinski definition) is 6. The van der Waals surface area contributed by atoms with E-state index < -0.39 is 23.5 Å². The number of carboxylic acid groups (broad SMARTS) is 1. The fourth-order valence-electron chi connectivity index (χ4n) is 0.580. The maximum absolute atomic E-state index is 10.2. The second-order valence-corrected chi connectivity index (χ2v) is 3.84. The van der Waals surface area contributed by atoms with E-state index in [1.54, 1.807) is 11.8 Å². The number of rotatable bonds is 6. The summed E-state index contributed by atoms with van der Waals surface area (Å²) in [6.45, 7) is 2.10. The second-order valence-electron chi connectivity index (χ2n) is 2.44. The summed E-state index contributed by atoms with van der Waals surface area (Å²) in [7, 11) is 0. The molecule has 0 fully saturated rings. The number of thioether (sulfide) groups is 1. The average molecular weight is 241 g/mol. The maximum atomic E-state index is 10.2. The zero-order valence-corrected chi connectivity index (χ0v) is 9.81. The highest BCUT2D eigenvalue weighted by atomic mass is 32.2. The van der Waals surface area contributed by atoms with Gasteiger partial charge in [-0.05, 0) is 24.3 Å². The topological polar surface area (TPSA) is 104 Å². The molecule has 7 heteroatoms. The summed E-state index contributed by atoms with van der Waals surface area (Å²) in [5, 5.41) is 8.40. The molecule has 0 aromatic rings. The lowest BCUT2D eigenvalue weighted by molar-refractivity contribution is -0.138. The van der Waals surface area contributed by atoms with Crippen LogP contribution in [0.3, 0.4) is 0 Å². The third-order valence-corrected chi connectivity index (χ3v) is 2.46. The highest BCUT2D eigenvalue weighted by Gasteiger charge is 2.09. The summed E-state index contributed by atoms with van der Waals surface area (Å²) in [5.41, 5.74) is 5.29. The highest BCUT2D eigenvalue weighted by molar-refractivity contribution is 7.99. The molecule has 0 heterocycles. The Morgan fingerprint density at radius 2 is 2.14 bits per heavy atom. The molecule has 0 radical (unpaired) electrons. The van der Waals surface area contributed by atoms with E-state index in [9.17, 15) is 4.79 Å². The number of carbonyl (C=O) groups is 1. The Bertz CT molecular complexity index is 184. The Morgan fingerprint density at radius 3 is 2.50 bits per heavy atom. The average Bonchev–Trinajstić information content (AvgIpc) is 2.13. The molecule has 5 nitrogen and oxygen atoms in total. The first-order chi connectivity index (χ1) is 6.59. The van der Waals surface area contributed by atoms with Gasteiger partial charge in [-0.15, -0.1) is 0 Å². The minimum absolute atomic E-state index is 0.569. The quantitative estimate of drug-likeness (QED) is 0.363. The number of hydrogen-bond donors (Lipinski definition) is 3. The Hall–Kier alpha value is -0.270. The third kappa shape index (κ3) is 14.3. The van der Waals surface area contributed by atoms with Crippen LogP contribution < -0.4 is 5.73 Å². The van der Waals surface area contributed by atoms with Crippen LogP contribution in [0.2, 0.25) is 0 Å². The number of aliphatic carboxylic acids is 1. The number of carboxylic acids is 1. The van der Waals surface area contributed by atoms with Crippen molar-refractivity contribution in [3.8, 4) is 0 Å². The van der Waals surface area contributed by atoms with Gasteiger partial charge >= 0.3 is 5.97 Å². The van der Waals surface area contributed by atoms with E-state index in [4.69, 9.17) is 19.8 Å². The zero-order valence-electron chi connectivity index (χ0n) is 8.10. The molecule has 0 aliphatic heterocycles. The van der Waals surface area contributed by atoms with Crippen molar-refractivity contribution in [1.82, 2.24) is 0 Å². The molecule has 0 saturated carbocycles. The molecule has 0 rings (SSSR count). The van der Waals surface area contributed by atoms with Crippen molar-refractivity contribution in [1.29, 1.82) is 4.78 Å². The minimum atomic E-state index is -0.901. The van der Waals surface area contributed by atoms with Crippen molar-refractivity contribution in [3.63, 3.8) is 0 Å². The first-order valence-corrected chi connectivity index (χ1v) is 6.12. The summed E-state index contributed by atoms with van der Waals surface area (Å²) in [6, 6.07) is -0.681. The van der Waals surface area contributed by atoms with Crippen LogP contribution in [-0.2, 0) is 20.5 Å². The molecule has 0 aromatic heterocycles. The number of nitrogens with one attached hydrogen (secondary N) is 1. The van der Waals surface area contributed by atoms with Gasteiger partial charge in [-0.25, -0.2) is 11.5 Å². The molecule has 86 valence electrons. The summed E-state index contributed by atoms with van der Waals surface area (Å²) >= 11 is 1.17. The molecule has 4 N–H and O–H groups in total. The molecule has 0 amide bonds. The van der Waals surface area contributed by atoms with Gasteiger partial charge in [0, 0.05) is 0 Å². The van der Waals surface area contributed by atoms with E-state index in [0.717, 1.165) is 17.9 Å². The van der Waals surface area contributed by atoms with Gasteiger partial charge in [0.2, 0.25) is 0 Å². The van der Waals surface area contributed by atoms with E-state index in [2.05, 4.69) is 6.92 Å². The van der Waals surface area contributed by atoms with Gasteiger partial charge in [-0.3, -0.25) is 4.79 Å². The fourth-order valence-corrected chi connectivity index (χ4v) is 1.49. The Balaban J connectivity index is 0. The number of nitrogens with two attached hydrogens (primary N) is 1. The molecule has 0 saturated heterocycles. The smallest absolute Gasteiger partial charge is 0.320 e. The zero-order chi connectivity index (χ0) is 11.4. The van der Waals surface area contributed by atoms with Gasteiger partial charge < -0.3 is 19.8 Å². The molecule has 0 aromatic carbocycles. The van der Waals surface area contributed by atoms with Crippen LogP contribution in [0.4, 0.5) is 0 Å². The summed E-state index contributed by atoms with van der Waals surface area (Å²) < 4.78 is 14.2. The molecule has 0 aliphatic carbocycles. The van der Waals surface area contributed by atoms with Crippen LogP contribution in [0.25, 0.3) is 0 Å². The van der Waals surface area contributed by atoms with Crippen LogP contribution in [0.5, 0.6) is 0 Å². The SMILES string of the molecule is CCCSCC[C@H](N)C(=O)O.N=[SH-]=O. The first-order valence-electron chi connectivity index (χ1n) is 4.15. The van der Waals surface area contributed by atoms with Crippen LogP contribution in [0, 0.1) is 4.78 Å². The van der Waals surface area contributed by atoms with Crippen molar-refractivity contribution < 1.29 is 14.1 Å². The van der Waals surface area contributed by atoms with Crippen molar-refractivity contribution in [3.05, 3.63) is 0 Å². The molecule has 0 aliphatic rings.